The largest absolute Gasteiger partial charge is 0.477 e. The van der Waals surface area contributed by atoms with Gasteiger partial charge < -0.3 is 20.9 Å². The molecule has 35 heavy (non-hydrogen) atoms. The Bertz CT molecular complexity index is 1390. The second-order valence-corrected chi connectivity index (χ2v) is 7.48. The third-order valence-electron chi connectivity index (χ3n) is 4.55. The van der Waals surface area contributed by atoms with Gasteiger partial charge >= 0.3 is 5.97 Å². The van der Waals surface area contributed by atoms with Gasteiger partial charge in [-0.05, 0) is 42.0 Å². The van der Waals surface area contributed by atoms with E-state index in [1.165, 1.54) is 18.2 Å². The molecule has 0 aliphatic rings. The molecule has 3 rings (SSSR count). The van der Waals surface area contributed by atoms with Crippen LogP contribution in [-0.4, -0.2) is 20.6 Å². The molecule has 1 aromatic heterocycles. The molecule has 0 saturated heterocycles. The summed E-state index contributed by atoms with van der Waals surface area (Å²) in [7, 11) is 0. The van der Waals surface area contributed by atoms with E-state index in [0.717, 1.165) is 29.1 Å². The monoisotopic (exact) mass is 500 g/mol. The lowest BCUT2D eigenvalue weighted by atomic mass is 10.2. The van der Waals surface area contributed by atoms with Crippen LogP contribution in [0.2, 0.25) is 5.02 Å². The standard InChI is InChI=1S/C24H19ClF2N4O4/c1-14(2-7-17(26)11-28)35-21-9-8-18(10-20(21)27)30-24-29-12-19(23(33)34)22(32)31(24)13-15-3-5-16(25)6-4-15/h2-12H,1,13,28H2,(H,29,30)(H,33,34)/b7-2-,17-11+. The summed E-state index contributed by atoms with van der Waals surface area (Å²) < 4.78 is 34.0. The van der Waals surface area contributed by atoms with Crippen LogP contribution in [0.1, 0.15) is 15.9 Å². The fourth-order valence-electron chi connectivity index (χ4n) is 2.85. The van der Waals surface area contributed by atoms with Gasteiger partial charge in [-0.2, -0.15) is 0 Å². The van der Waals surface area contributed by atoms with E-state index in [1.807, 2.05) is 0 Å². The molecule has 0 aliphatic carbocycles. The summed E-state index contributed by atoms with van der Waals surface area (Å²) in [6, 6.07) is 10.4. The number of rotatable bonds is 9. The number of nitrogens with zero attached hydrogens (tertiary/aromatic N) is 2. The molecule has 11 heteroatoms. The second-order valence-electron chi connectivity index (χ2n) is 7.04. The molecule has 1 heterocycles. The van der Waals surface area contributed by atoms with Crippen molar-refractivity contribution in [1.82, 2.24) is 9.55 Å². The highest BCUT2D eigenvalue weighted by Gasteiger charge is 2.17. The Morgan fingerprint density at radius 1 is 1.26 bits per heavy atom. The Morgan fingerprint density at radius 3 is 2.60 bits per heavy atom. The SMILES string of the molecule is C=C(/C=C\C(F)=C/N)Oc1ccc(Nc2ncc(C(=O)O)c(=O)n2Cc2ccc(Cl)cc2)cc1F. The zero-order chi connectivity index (χ0) is 25.5. The molecule has 0 bridgehead atoms. The molecule has 0 radical (unpaired) electrons. The molecular formula is C24H19ClF2N4O4. The number of hydrogen-bond acceptors (Lipinski definition) is 6. The Labute approximate surface area is 203 Å². The van der Waals surface area contributed by atoms with Crippen molar-refractivity contribution < 1.29 is 23.4 Å². The molecule has 0 aliphatic heterocycles. The molecule has 0 fully saturated rings. The highest BCUT2D eigenvalue weighted by molar-refractivity contribution is 6.30. The minimum Gasteiger partial charge on any atom is -0.477 e. The van der Waals surface area contributed by atoms with Crippen molar-refractivity contribution in [2.24, 2.45) is 5.73 Å². The van der Waals surface area contributed by atoms with Crippen molar-refractivity contribution in [3.63, 3.8) is 0 Å². The summed E-state index contributed by atoms with van der Waals surface area (Å²) >= 11 is 5.90. The summed E-state index contributed by atoms with van der Waals surface area (Å²) in [5, 5.41) is 12.6. The number of carbonyl (C=O) groups is 1. The maximum absolute atomic E-state index is 14.6. The van der Waals surface area contributed by atoms with Crippen molar-refractivity contribution >= 4 is 29.2 Å². The van der Waals surface area contributed by atoms with Crippen LogP contribution in [0.5, 0.6) is 5.75 Å². The number of aromatic nitrogens is 2. The molecule has 0 atom stereocenters. The van der Waals surface area contributed by atoms with Gasteiger partial charge in [-0.15, -0.1) is 0 Å². The molecule has 0 saturated carbocycles. The number of nitrogens with one attached hydrogen (secondary N) is 1. The number of aromatic carboxylic acids is 1. The number of benzene rings is 2. The Balaban J connectivity index is 1.88. The van der Waals surface area contributed by atoms with Crippen LogP contribution in [0.25, 0.3) is 0 Å². The average molecular weight is 501 g/mol. The molecule has 0 amide bonds. The highest BCUT2D eigenvalue weighted by Crippen LogP contribution is 2.25. The number of ether oxygens (including phenoxy) is 1. The Morgan fingerprint density at radius 2 is 1.97 bits per heavy atom. The van der Waals surface area contributed by atoms with E-state index in [4.69, 9.17) is 22.1 Å². The zero-order valence-electron chi connectivity index (χ0n) is 18.0. The Kier molecular flexibility index (Phi) is 8.00. The van der Waals surface area contributed by atoms with Crippen LogP contribution in [-0.2, 0) is 6.54 Å². The van der Waals surface area contributed by atoms with Gasteiger partial charge in [-0.3, -0.25) is 9.36 Å². The summed E-state index contributed by atoms with van der Waals surface area (Å²) in [4.78, 5) is 28.2. The predicted octanol–water partition coefficient (Wildman–Crippen LogP) is 4.74. The van der Waals surface area contributed by atoms with Gasteiger partial charge in [-0.25, -0.2) is 18.6 Å². The normalized spacial score (nSPS) is 11.5. The quantitative estimate of drug-likeness (QED) is 0.286. The van der Waals surface area contributed by atoms with Crippen molar-refractivity contribution in [3.8, 4) is 5.75 Å². The molecule has 0 spiro atoms. The van der Waals surface area contributed by atoms with Crippen molar-refractivity contribution in [2.45, 2.75) is 6.54 Å². The van der Waals surface area contributed by atoms with E-state index in [2.05, 4.69) is 16.9 Å². The van der Waals surface area contributed by atoms with E-state index in [0.29, 0.717) is 10.6 Å². The van der Waals surface area contributed by atoms with Crippen LogP contribution in [0.3, 0.4) is 0 Å². The number of carboxylic acids is 1. The Hall–Kier alpha value is -4.44. The van der Waals surface area contributed by atoms with Crippen molar-refractivity contribution in [1.29, 1.82) is 0 Å². The molecule has 0 unspecified atom stereocenters. The fourth-order valence-corrected chi connectivity index (χ4v) is 2.98. The van der Waals surface area contributed by atoms with Crippen LogP contribution in [0, 0.1) is 5.82 Å². The van der Waals surface area contributed by atoms with Crippen LogP contribution in [0.4, 0.5) is 20.4 Å². The van der Waals surface area contributed by atoms with E-state index >= 15 is 0 Å². The third kappa shape index (κ3) is 6.55. The van der Waals surface area contributed by atoms with Gasteiger partial charge in [-0.1, -0.05) is 30.3 Å². The van der Waals surface area contributed by atoms with Gasteiger partial charge in [0.2, 0.25) is 5.95 Å². The first-order valence-corrected chi connectivity index (χ1v) is 10.3. The average Bonchev–Trinajstić information content (AvgIpc) is 2.82. The number of anilines is 2. The predicted molar refractivity (Wildman–Crippen MR) is 128 cm³/mol. The van der Waals surface area contributed by atoms with E-state index in [-0.39, 0.29) is 29.7 Å². The zero-order valence-corrected chi connectivity index (χ0v) is 18.8. The van der Waals surface area contributed by atoms with Gasteiger partial charge in [0.1, 0.15) is 17.1 Å². The topological polar surface area (TPSA) is 119 Å². The van der Waals surface area contributed by atoms with Gasteiger partial charge in [0.15, 0.2) is 11.6 Å². The molecule has 180 valence electrons. The lowest BCUT2D eigenvalue weighted by Gasteiger charge is -2.15. The summed E-state index contributed by atoms with van der Waals surface area (Å²) in [6.45, 7) is 3.53. The number of halogens is 3. The van der Waals surface area contributed by atoms with E-state index in [9.17, 15) is 23.5 Å². The van der Waals surface area contributed by atoms with Crippen LogP contribution >= 0.6 is 11.6 Å². The minimum atomic E-state index is -1.43. The number of allylic oxidation sites excluding steroid dienone is 3. The fraction of sp³-hybridized carbons (Fsp3) is 0.0417. The number of nitrogens with two attached hydrogens (primary N) is 1. The number of carboxylic acid groups (broad SMARTS) is 1. The first-order valence-electron chi connectivity index (χ1n) is 9.94. The first kappa shape index (κ1) is 25.2. The molecule has 8 nitrogen and oxygen atoms in total. The molecule has 3 aromatic rings. The second kappa shape index (κ2) is 11.1. The smallest absolute Gasteiger partial charge is 0.342 e. The van der Waals surface area contributed by atoms with Crippen LogP contribution in [0.15, 0.2) is 90.0 Å². The van der Waals surface area contributed by atoms with Crippen molar-refractivity contribution in [3.05, 3.63) is 117 Å². The third-order valence-corrected chi connectivity index (χ3v) is 4.80. The first-order chi connectivity index (χ1) is 16.7. The van der Waals surface area contributed by atoms with Crippen LogP contribution < -0.4 is 21.3 Å². The highest BCUT2D eigenvalue weighted by atomic mass is 35.5. The number of hydrogen-bond donors (Lipinski definition) is 3. The summed E-state index contributed by atoms with van der Waals surface area (Å²) in [5.74, 6) is -3.17. The lowest BCUT2D eigenvalue weighted by molar-refractivity contribution is 0.0693. The van der Waals surface area contributed by atoms with Crippen molar-refractivity contribution in [2.75, 3.05) is 5.32 Å². The van der Waals surface area contributed by atoms with Gasteiger partial charge in [0.25, 0.3) is 5.56 Å². The van der Waals surface area contributed by atoms with Gasteiger partial charge in [0.05, 0.1) is 12.7 Å². The maximum atomic E-state index is 14.6. The minimum absolute atomic E-state index is 0.0144. The molecule has 2 aromatic carbocycles. The summed E-state index contributed by atoms with van der Waals surface area (Å²) in [5.41, 5.74) is 4.56. The van der Waals surface area contributed by atoms with Gasteiger partial charge in [0, 0.05) is 23.0 Å². The van der Waals surface area contributed by atoms with E-state index in [1.54, 1.807) is 24.3 Å². The summed E-state index contributed by atoms with van der Waals surface area (Å²) in [6.07, 6.45) is 3.84. The molecular weight excluding hydrogens is 482 g/mol. The lowest BCUT2D eigenvalue weighted by Crippen LogP contribution is -2.29. The van der Waals surface area contributed by atoms with E-state index < -0.39 is 28.7 Å². The molecule has 4 N–H and O–H groups in total. The maximum Gasteiger partial charge on any atom is 0.342 e.